The highest BCUT2D eigenvalue weighted by Gasteiger charge is 2.47. The van der Waals surface area contributed by atoms with E-state index in [0.29, 0.717) is 5.78 Å². The molecule has 1 aliphatic rings. The van der Waals surface area contributed by atoms with Gasteiger partial charge in [0.15, 0.2) is 5.78 Å². The minimum Gasteiger partial charge on any atom is -0.308 e. The van der Waals surface area contributed by atoms with E-state index in [9.17, 15) is 4.79 Å². The van der Waals surface area contributed by atoms with Crippen LogP contribution in [0.3, 0.4) is 0 Å². The quantitative estimate of drug-likeness (QED) is 0.652. The molecule has 0 saturated heterocycles. The van der Waals surface area contributed by atoms with Crippen LogP contribution < -0.4 is 5.32 Å². The topological polar surface area (TPSA) is 29.1 Å². The maximum Gasteiger partial charge on any atom is 0.152 e. The van der Waals surface area contributed by atoms with Gasteiger partial charge < -0.3 is 5.32 Å². The van der Waals surface area contributed by atoms with E-state index in [0.717, 1.165) is 32.1 Å². The van der Waals surface area contributed by atoms with Crippen molar-refractivity contribution in [1.82, 2.24) is 5.32 Å². The third kappa shape index (κ3) is 1.80. The van der Waals surface area contributed by atoms with Gasteiger partial charge in [-0.05, 0) is 26.3 Å². The first kappa shape index (κ1) is 8.72. The van der Waals surface area contributed by atoms with Gasteiger partial charge in [-0.1, -0.05) is 13.3 Å². The van der Waals surface area contributed by atoms with Gasteiger partial charge in [-0.2, -0.15) is 0 Å². The number of carbonyl (C=O) groups is 1. The number of carbonyl (C=O) groups excluding carboxylic acids is 1. The van der Waals surface area contributed by atoms with Crippen molar-refractivity contribution in [2.75, 3.05) is 7.05 Å². The maximum atomic E-state index is 11.5. The lowest BCUT2D eigenvalue weighted by atomic mass is 10.1. The van der Waals surface area contributed by atoms with Crippen molar-refractivity contribution in [3.05, 3.63) is 0 Å². The highest BCUT2D eigenvalue weighted by atomic mass is 16.1. The van der Waals surface area contributed by atoms with Gasteiger partial charge in [-0.15, -0.1) is 0 Å². The third-order valence-electron chi connectivity index (χ3n) is 2.52. The molecule has 0 bridgehead atoms. The standard InChI is InChI=1S/C9H17NO/c1-3-4-5-8(11)9(10-2)6-7-9/h10H,3-7H2,1-2H3. The van der Waals surface area contributed by atoms with Gasteiger partial charge in [0, 0.05) is 6.42 Å². The molecule has 0 aliphatic heterocycles. The van der Waals surface area contributed by atoms with Crippen LogP contribution in [0.4, 0.5) is 0 Å². The number of unbranched alkanes of at least 4 members (excludes halogenated alkanes) is 1. The van der Waals surface area contributed by atoms with E-state index in [1.165, 1.54) is 0 Å². The summed E-state index contributed by atoms with van der Waals surface area (Å²) in [5.41, 5.74) is -0.0881. The van der Waals surface area contributed by atoms with Gasteiger partial charge >= 0.3 is 0 Å². The summed E-state index contributed by atoms with van der Waals surface area (Å²) in [5, 5.41) is 3.11. The molecule has 0 aromatic rings. The van der Waals surface area contributed by atoms with E-state index in [4.69, 9.17) is 0 Å². The number of hydrogen-bond donors (Lipinski definition) is 1. The van der Waals surface area contributed by atoms with Crippen molar-refractivity contribution in [1.29, 1.82) is 0 Å². The molecule has 0 atom stereocenters. The molecule has 64 valence electrons. The molecule has 2 nitrogen and oxygen atoms in total. The van der Waals surface area contributed by atoms with E-state index >= 15 is 0 Å². The second-order valence-corrected chi connectivity index (χ2v) is 3.36. The van der Waals surface area contributed by atoms with Crippen LogP contribution in [0.1, 0.15) is 39.0 Å². The number of likely N-dealkylation sites (N-methyl/N-ethyl adjacent to an activating group) is 1. The summed E-state index contributed by atoms with van der Waals surface area (Å²) in [6, 6.07) is 0. The fraction of sp³-hybridized carbons (Fsp3) is 0.889. The molecule has 1 fully saturated rings. The second kappa shape index (κ2) is 3.35. The summed E-state index contributed by atoms with van der Waals surface area (Å²) < 4.78 is 0. The fourth-order valence-corrected chi connectivity index (χ4v) is 1.37. The van der Waals surface area contributed by atoms with Gasteiger partial charge in [0.25, 0.3) is 0 Å². The van der Waals surface area contributed by atoms with Crippen molar-refractivity contribution in [2.45, 2.75) is 44.6 Å². The lowest BCUT2D eigenvalue weighted by molar-refractivity contribution is -0.122. The Morgan fingerprint density at radius 3 is 2.55 bits per heavy atom. The predicted octanol–water partition coefficient (Wildman–Crippen LogP) is 1.50. The zero-order chi connectivity index (χ0) is 8.32. The molecule has 1 N–H and O–H groups in total. The van der Waals surface area contributed by atoms with Gasteiger partial charge in [-0.25, -0.2) is 0 Å². The molecular formula is C9H17NO. The number of Topliss-reactive ketones (excluding diaryl/α,β-unsaturated/α-hetero) is 1. The van der Waals surface area contributed by atoms with Gasteiger partial charge in [0.2, 0.25) is 0 Å². The maximum absolute atomic E-state index is 11.5. The van der Waals surface area contributed by atoms with Crippen molar-refractivity contribution in [2.24, 2.45) is 0 Å². The Hall–Kier alpha value is -0.370. The lowest BCUT2D eigenvalue weighted by Crippen LogP contribution is -2.36. The minimum absolute atomic E-state index is 0.0881. The van der Waals surface area contributed by atoms with Crippen LogP contribution in [0.2, 0.25) is 0 Å². The average Bonchev–Trinajstić information content (AvgIpc) is 2.80. The molecular weight excluding hydrogens is 138 g/mol. The molecule has 0 radical (unpaired) electrons. The fourth-order valence-electron chi connectivity index (χ4n) is 1.37. The van der Waals surface area contributed by atoms with Crippen LogP contribution in [0.5, 0.6) is 0 Å². The molecule has 1 aliphatic carbocycles. The lowest BCUT2D eigenvalue weighted by Gasteiger charge is -2.11. The van der Waals surface area contributed by atoms with E-state index < -0.39 is 0 Å². The van der Waals surface area contributed by atoms with Crippen molar-refractivity contribution < 1.29 is 4.79 Å². The number of rotatable bonds is 5. The van der Waals surface area contributed by atoms with Crippen LogP contribution in [-0.4, -0.2) is 18.4 Å². The Labute approximate surface area is 68.4 Å². The van der Waals surface area contributed by atoms with Gasteiger partial charge in [0.05, 0.1) is 5.54 Å². The Morgan fingerprint density at radius 1 is 1.55 bits per heavy atom. The molecule has 0 spiro atoms. The van der Waals surface area contributed by atoms with E-state index in [-0.39, 0.29) is 5.54 Å². The normalized spacial score (nSPS) is 19.8. The van der Waals surface area contributed by atoms with Crippen LogP contribution in [0, 0.1) is 0 Å². The Kier molecular flexibility index (Phi) is 2.66. The molecule has 2 heteroatoms. The summed E-state index contributed by atoms with van der Waals surface area (Å²) in [5.74, 6) is 0.418. The highest BCUT2D eigenvalue weighted by molar-refractivity contribution is 5.91. The highest BCUT2D eigenvalue weighted by Crippen LogP contribution is 2.36. The Bertz CT molecular complexity index is 150. The van der Waals surface area contributed by atoms with Crippen LogP contribution >= 0.6 is 0 Å². The Balaban J connectivity index is 2.29. The summed E-state index contributed by atoms with van der Waals surface area (Å²) >= 11 is 0. The van der Waals surface area contributed by atoms with Crippen LogP contribution in [0.25, 0.3) is 0 Å². The molecule has 0 aromatic carbocycles. The summed E-state index contributed by atoms with van der Waals surface area (Å²) in [6.07, 6.45) is 5.02. The molecule has 11 heavy (non-hydrogen) atoms. The Morgan fingerprint density at radius 2 is 2.18 bits per heavy atom. The van der Waals surface area contributed by atoms with Gasteiger partial charge in [0.1, 0.15) is 0 Å². The van der Waals surface area contributed by atoms with Crippen molar-refractivity contribution in [3.63, 3.8) is 0 Å². The first-order valence-electron chi connectivity index (χ1n) is 4.47. The molecule has 0 heterocycles. The molecule has 0 amide bonds. The predicted molar refractivity (Wildman–Crippen MR) is 45.6 cm³/mol. The molecule has 1 rings (SSSR count). The SMILES string of the molecule is CCCCC(=O)C1(NC)CC1. The van der Waals surface area contributed by atoms with Crippen LogP contribution in [-0.2, 0) is 4.79 Å². The molecule has 0 unspecified atom stereocenters. The second-order valence-electron chi connectivity index (χ2n) is 3.36. The van der Waals surface area contributed by atoms with E-state index in [1.54, 1.807) is 0 Å². The first-order chi connectivity index (χ1) is 5.25. The van der Waals surface area contributed by atoms with E-state index in [2.05, 4.69) is 12.2 Å². The van der Waals surface area contributed by atoms with Gasteiger partial charge in [-0.3, -0.25) is 4.79 Å². The number of hydrogen-bond acceptors (Lipinski definition) is 2. The zero-order valence-corrected chi connectivity index (χ0v) is 7.44. The largest absolute Gasteiger partial charge is 0.308 e. The monoisotopic (exact) mass is 155 g/mol. The number of ketones is 1. The molecule has 0 aromatic heterocycles. The number of nitrogens with one attached hydrogen (secondary N) is 1. The first-order valence-corrected chi connectivity index (χ1v) is 4.47. The van der Waals surface area contributed by atoms with Crippen molar-refractivity contribution in [3.8, 4) is 0 Å². The average molecular weight is 155 g/mol. The zero-order valence-electron chi connectivity index (χ0n) is 7.44. The third-order valence-corrected chi connectivity index (χ3v) is 2.52. The summed E-state index contributed by atoms with van der Waals surface area (Å²) in [7, 11) is 1.89. The van der Waals surface area contributed by atoms with E-state index in [1.807, 2.05) is 7.05 Å². The van der Waals surface area contributed by atoms with Crippen molar-refractivity contribution >= 4 is 5.78 Å². The minimum atomic E-state index is -0.0881. The summed E-state index contributed by atoms with van der Waals surface area (Å²) in [6.45, 7) is 2.12. The summed E-state index contributed by atoms with van der Waals surface area (Å²) in [4.78, 5) is 11.5. The van der Waals surface area contributed by atoms with Crippen LogP contribution in [0.15, 0.2) is 0 Å². The molecule has 1 saturated carbocycles. The smallest absolute Gasteiger partial charge is 0.152 e.